The van der Waals surface area contributed by atoms with Gasteiger partial charge in [-0.25, -0.2) is 0 Å². The maximum Gasteiger partial charge on any atom is 0.257 e. The maximum atomic E-state index is 13.2. The molecule has 0 aromatic heterocycles. The number of piperidine rings is 1. The minimum atomic E-state index is -0.196. The van der Waals surface area contributed by atoms with Crippen molar-refractivity contribution in [1.82, 2.24) is 9.80 Å². The molecular formula is C25H33N3O3. The highest BCUT2D eigenvalue weighted by atomic mass is 16.3. The number of nitrogens with zero attached hydrogens (tertiary/aromatic N) is 2. The van der Waals surface area contributed by atoms with E-state index in [1.165, 1.54) is 11.6 Å². The maximum absolute atomic E-state index is 13.2. The molecule has 2 aliphatic rings. The number of rotatable bonds is 4. The lowest BCUT2D eigenvalue weighted by Gasteiger charge is -2.32. The van der Waals surface area contributed by atoms with Gasteiger partial charge >= 0.3 is 0 Å². The summed E-state index contributed by atoms with van der Waals surface area (Å²) in [5.41, 5.74) is 4.46. The zero-order valence-corrected chi connectivity index (χ0v) is 18.7. The van der Waals surface area contributed by atoms with Gasteiger partial charge in [0.25, 0.3) is 5.91 Å². The molecule has 2 heterocycles. The molecule has 31 heavy (non-hydrogen) atoms. The van der Waals surface area contributed by atoms with Gasteiger partial charge in [-0.15, -0.1) is 0 Å². The van der Waals surface area contributed by atoms with Crippen LogP contribution in [0.15, 0.2) is 30.3 Å². The number of carbonyl (C=O) groups excluding carboxylic acids is 1. The number of phenols is 2. The zero-order chi connectivity index (χ0) is 22.1. The summed E-state index contributed by atoms with van der Waals surface area (Å²) in [7, 11) is 2.16. The molecule has 1 saturated heterocycles. The number of benzene rings is 2. The van der Waals surface area contributed by atoms with Crippen molar-refractivity contribution in [1.29, 1.82) is 0 Å². The minimum absolute atomic E-state index is 0.0256. The summed E-state index contributed by atoms with van der Waals surface area (Å²) in [5.74, 6) is -0.283. The van der Waals surface area contributed by atoms with Crippen molar-refractivity contribution in [2.24, 2.45) is 0 Å². The van der Waals surface area contributed by atoms with E-state index in [-0.39, 0.29) is 28.9 Å². The molecule has 0 saturated carbocycles. The molecule has 0 bridgehead atoms. The van der Waals surface area contributed by atoms with Crippen molar-refractivity contribution >= 4 is 11.6 Å². The van der Waals surface area contributed by atoms with Gasteiger partial charge in [0.2, 0.25) is 0 Å². The van der Waals surface area contributed by atoms with Gasteiger partial charge in [0.15, 0.2) is 0 Å². The van der Waals surface area contributed by atoms with Gasteiger partial charge in [0, 0.05) is 30.9 Å². The number of carbonyl (C=O) groups is 1. The first kappa shape index (κ1) is 21.5. The van der Waals surface area contributed by atoms with Crippen LogP contribution in [0.25, 0.3) is 0 Å². The second kappa shape index (κ2) is 8.79. The lowest BCUT2D eigenvalue weighted by molar-refractivity contribution is 0.0731. The van der Waals surface area contributed by atoms with E-state index in [1.54, 1.807) is 11.0 Å². The van der Waals surface area contributed by atoms with Gasteiger partial charge in [-0.2, -0.15) is 0 Å². The summed E-state index contributed by atoms with van der Waals surface area (Å²) in [6.07, 6.45) is 3.07. The van der Waals surface area contributed by atoms with Crippen molar-refractivity contribution in [3.8, 4) is 11.5 Å². The largest absolute Gasteiger partial charge is 0.508 e. The Labute approximate surface area is 184 Å². The third-order valence-corrected chi connectivity index (χ3v) is 6.59. The average molecular weight is 424 g/mol. The number of anilines is 1. The Hall–Kier alpha value is -2.73. The van der Waals surface area contributed by atoms with Crippen LogP contribution in [0.2, 0.25) is 0 Å². The topological polar surface area (TPSA) is 76.0 Å². The summed E-state index contributed by atoms with van der Waals surface area (Å²) in [6, 6.07) is 9.89. The summed E-state index contributed by atoms with van der Waals surface area (Å²) in [6.45, 7) is 7.27. The first-order valence-electron chi connectivity index (χ1n) is 11.2. The summed E-state index contributed by atoms with van der Waals surface area (Å²) in [4.78, 5) is 17.4. The lowest BCUT2D eigenvalue weighted by Crippen LogP contribution is -2.37. The second-order valence-electron chi connectivity index (χ2n) is 9.26. The molecule has 3 N–H and O–H groups in total. The van der Waals surface area contributed by atoms with Crippen LogP contribution < -0.4 is 5.32 Å². The highest BCUT2D eigenvalue weighted by Crippen LogP contribution is 2.34. The van der Waals surface area contributed by atoms with Gasteiger partial charge < -0.3 is 25.3 Å². The average Bonchev–Trinajstić information content (AvgIpc) is 2.74. The molecule has 0 unspecified atom stereocenters. The van der Waals surface area contributed by atoms with Crippen molar-refractivity contribution in [3.05, 3.63) is 52.6 Å². The Morgan fingerprint density at radius 3 is 2.48 bits per heavy atom. The monoisotopic (exact) mass is 423 g/mol. The van der Waals surface area contributed by atoms with Crippen LogP contribution in [0, 0.1) is 0 Å². The van der Waals surface area contributed by atoms with E-state index in [1.807, 2.05) is 13.8 Å². The first-order valence-corrected chi connectivity index (χ1v) is 11.2. The summed E-state index contributed by atoms with van der Waals surface area (Å²) < 4.78 is 0. The third kappa shape index (κ3) is 4.64. The van der Waals surface area contributed by atoms with Crippen molar-refractivity contribution < 1.29 is 15.0 Å². The minimum Gasteiger partial charge on any atom is -0.508 e. The van der Waals surface area contributed by atoms with Crippen LogP contribution in [0.4, 0.5) is 5.69 Å². The first-order chi connectivity index (χ1) is 14.8. The molecular weight excluding hydrogens is 390 g/mol. The molecule has 1 amide bonds. The molecule has 6 nitrogen and oxygen atoms in total. The van der Waals surface area contributed by atoms with Gasteiger partial charge in [0.05, 0.1) is 5.56 Å². The Morgan fingerprint density at radius 2 is 1.77 bits per heavy atom. The van der Waals surface area contributed by atoms with Gasteiger partial charge in [0.1, 0.15) is 11.5 Å². The van der Waals surface area contributed by atoms with Crippen LogP contribution >= 0.6 is 0 Å². The van der Waals surface area contributed by atoms with Crippen LogP contribution in [-0.2, 0) is 13.0 Å². The highest BCUT2D eigenvalue weighted by Gasteiger charge is 2.26. The number of aromatic hydroxyl groups is 2. The second-order valence-corrected chi connectivity index (χ2v) is 9.26. The normalized spacial score (nSPS) is 17.6. The molecule has 0 spiro atoms. The van der Waals surface area contributed by atoms with E-state index in [2.05, 4.69) is 35.5 Å². The van der Waals surface area contributed by atoms with E-state index in [9.17, 15) is 15.0 Å². The fourth-order valence-corrected chi connectivity index (χ4v) is 4.61. The van der Waals surface area contributed by atoms with Crippen LogP contribution in [0.5, 0.6) is 11.5 Å². The molecule has 0 radical (unpaired) electrons. The molecule has 2 aliphatic heterocycles. The van der Waals surface area contributed by atoms with E-state index < -0.39 is 0 Å². The third-order valence-electron chi connectivity index (χ3n) is 6.59. The Bertz CT molecular complexity index is 965. The van der Waals surface area contributed by atoms with Crippen molar-refractivity contribution in [2.75, 3.05) is 32.0 Å². The standard InChI is InChI=1S/C25H33N3O3/c1-16(2)21-13-22(24(30)14-23(21)29)25(31)28-11-6-17-4-5-20(12-18(17)15-28)26-19-7-9-27(3)10-8-19/h4-5,12-14,16,19,26,29-30H,6-11,15H2,1-3H3. The van der Waals surface area contributed by atoms with Gasteiger partial charge in [-0.05, 0) is 80.2 Å². The number of hydrogen-bond donors (Lipinski definition) is 3. The molecule has 4 rings (SSSR count). The van der Waals surface area contributed by atoms with E-state index in [0.29, 0.717) is 24.7 Å². The van der Waals surface area contributed by atoms with Crippen LogP contribution in [0.3, 0.4) is 0 Å². The van der Waals surface area contributed by atoms with Crippen LogP contribution in [0.1, 0.15) is 59.7 Å². The number of hydrogen-bond acceptors (Lipinski definition) is 5. The predicted octanol–water partition coefficient (Wildman–Crippen LogP) is 3.93. The molecule has 0 atom stereocenters. The predicted molar refractivity (Wildman–Crippen MR) is 123 cm³/mol. The Kier molecular flexibility index (Phi) is 6.10. The number of amides is 1. The van der Waals surface area contributed by atoms with E-state index in [0.717, 1.165) is 43.6 Å². The van der Waals surface area contributed by atoms with Crippen molar-refractivity contribution in [2.45, 2.75) is 51.6 Å². The lowest BCUT2D eigenvalue weighted by atomic mass is 9.96. The molecule has 1 fully saturated rings. The quantitative estimate of drug-likeness (QED) is 0.695. The molecule has 2 aromatic rings. The number of likely N-dealkylation sites (tertiary alicyclic amines) is 1. The van der Waals surface area contributed by atoms with Crippen LogP contribution in [-0.4, -0.2) is 58.6 Å². The fourth-order valence-electron chi connectivity index (χ4n) is 4.61. The van der Waals surface area contributed by atoms with E-state index >= 15 is 0 Å². The van der Waals surface area contributed by atoms with E-state index in [4.69, 9.17) is 0 Å². The number of fused-ring (bicyclic) bond motifs is 1. The Balaban J connectivity index is 1.50. The van der Waals surface area contributed by atoms with Gasteiger partial charge in [-0.3, -0.25) is 4.79 Å². The molecule has 2 aromatic carbocycles. The molecule has 6 heteroatoms. The summed E-state index contributed by atoms with van der Waals surface area (Å²) in [5, 5.41) is 24.1. The molecule has 0 aliphatic carbocycles. The Morgan fingerprint density at radius 1 is 1.03 bits per heavy atom. The fraction of sp³-hybridized carbons (Fsp3) is 0.480. The number of nitrogens with one attached hydrogen (secondary N) is 1. The smallest absolute Gasteiger partial charge is 0.257 e. The summed E-state index contributed by atoms with van der Waals surface area (Å²) >= 11 is 0. The molecule has 166 valence electrons. The van der Waals surface area contributed by atoms with Crippen molar-refractivity contribution in [3.63, 3.8) is 0 Å². The zero-order valence-electron chi connectivity index (χ0n) is 18.7. The SMILES string of the molecule is CC(C)c1cc(C(=O)N2CCc3ccc(NC4CCN(C)CC4)cc3C2)c(O)cc1O. The van der Waals surface area contributed by atoms with Gasteiger partial charge in [-0.1, -0.05) is 19.9 Å². The highest BCUT2D eigenvalue weighted by molar-refractivity contribution is 5.97. The number of phenolic OH excluding ortho intramolecular Hbond substituents is 2.